The number of hydrogen-bond acceptors (Lipinski definition) is 2. The minimum absolute atomic E-state index is 0.149. The number of amides is 1. The first-order valence-electron chi connectivity index (χ1n) is 6.06. The highest BCUT2D eigenvalue weighted by molar-refractivity contribution is 5.96. The lowest BCUT2D eigenvalue weighted by molar-refractivity contribution is 0.0696. The summed E-state index contributed by atoms with van der Waals surface area (Å²) in [5.41, 5.74) is 0.490. The minimum atomic E-state index is -0.986. The van der Waals surface area contributed by atoms with Crippen LogP contribution in [0.3, 0.4) is 0 Å². The molecule has 0 saturated heterocycles. The summed E-state index contributed by atoms with van der Waals surface area (Å²) < 4.78 is 0. The number of hydrogen-bond donors (Lipinski definition) is 2. The third-order valence-electron chi connectivity index (χ3n) is 3.43. The van der Waals surface area contributed by atoms with E-state index in [-0.39, 0.29) is 17.0 Å². The molecular weight excluding hydrogens is 230 g/mol. The van der Waals surface area contributed by atoms with E-state index < -0.39 is 5.97 Å². The van der Waals surface area contributed by atoms with Crippen molar-refractivity contribution in [3.63, 3.8) is 0 Å². The lowest BCUT2D eigenvalue weighted by atomic mass is 9.98. The van der Waals surface area contributed by atoms with E-state index in [1.54, 1.807) is 12.1 Å². The van der Waals surface area contributed by atoms with Gasteiger partial charge in [0.05, 0.1) is 5.56 Å². The van der Waals surface area contributed by atoms with Crippen molar-refractivity contribution in [2.45, 2.75) is 32.2 Å². The third-order valence-corrected chi connectivity index (χ3v) is 3.43. The first kappa shape index (κ1) is 12.6. The van der Waals surface area contributed by atoms with Crippen molar-refractivity contribution in [1.29, 1.82) is 0 Å². The van der Waals surface area contributed by atoms with Crippen LogP contribution in [-0.2, 0) is 0 Å². The summed E-state index contributed by atoms with van der Waals surface area (Å²) in [5.74, 6) is -0.580. The van der Waals surface area contributed by atoms with Gasteiger partial charge in [0.25, 0.3) is 5.91 Å². The standard InChI is InChI=1S/C14H17NO3/c1-14(2,11-7-8-11)15-12(16)9-3-5-10(6-4-9)13(17)18/h3-6,11H,7-8H2,1-2H3,(H,15,16)(H,17,18). The zero-order chi connectivity index (χ0) is 13.3. The topological polar surface area (TPSA) is 66.4 Å². The van der Waals surface area contributed by atoms with Gasteiger partial charge in [0, 0.05) is 11.1 Å². The highest BCUT2D eigenvalue weighted by Crippen LogP contribution is 2.39. The predicted molar refractivity (Wildman–Crippen MR) is 67.7 cm³/mol. The minimum Gasteiger partial charge on any atom is -0.478 e. The van der Waals surface area contributed by atoms with Crippen molar-refractivity contribution in [3.8, 4) is 0 Å². The van der Waals surface area contributed by atoms with Crippen LogP contribution in [0.1, 0.15) is 47.4 Å². The van der Waals surface area contributed by atoms with Crippen molar-refractivity contribution in [3.05, 3.63) is 35.4 Å². The molecule has 0 heterocycles. The largest absolute Gasteiger partial charge is 0.478 e. The number of aromatic carboxylic acids is 1. The maximum atomic E-state index is 12.0. The van der Waals surface area contributed by atoms with Crippen molar-refractivity contribution in [2.24, 2.45) is 5.92 Å². The Kier molecular flexibility index (Phi) is 3.11. The number of carboxylic acids is 1. The molecule has 0 aliphatic heterocycles. The Morgan fingerprint density at radius 2 is 1.67 bits per heavy atom. The van der Waals surface area contributed by atoms with Crippen LogP contribution >= 0.6 is 0 Å². The SMILES string of the molecule is CC(C)(NC(=O)c1ccc(C(=O)O)cc1)C1CC1. The zero-order valence-corrected chi connectivity index (χ0v) is 10.6. The summed E-state index contributed by atoms with van der Waals surface area (Å²) in [7, 11) is 0. The fraction of sp³-hybridized carbons (Fsp3) is 0.429. The number of carbonyl (C=O) groups excluding carboxylic acids is 1. The van der Waals surface area contributed by atoms with Crippen LogP contribution in [0, 0.1) is 5.92 Å². The summed E-state index contributed by atoms with van der Waals surface area (Å²) in [6, 6.07) is 5.98. The van der Waals surface area contributed by atoms with Crippen molar-refractivity contribution >= 4 is 11.9 Å². The fourth-order valence-corrected chi connectivity index (χ4v) is 2.04. The van der Waals surface area contributed by atoms with Gasteiger partial charge in [-0.05, 0) is 56.9 Å². The molecule has 1 aliphatic rings. The summed E-state index contributed by atoms with van der Waals surface area (Å²) in [6.45, 7) is 4.04. The summed E-state index contributed by atoms with van der Waals surface area (Å²) in [5, 5.41) is 11.8. The van der Waals surface area contributed by atoms with E-state index >= 15 is 0 Å². The van der Waals surface area contributed by atoms with E-state index in [0.29, 0.717) is 11.5 Å². The molecule has 4 nitrogen and oxygen atoms in total. The van der Waals surface area contributed by atoms with Gasteiger partial charge in [-0.25, -0.2) is 4.79 Å². The van der Waals surface area contributed by atoms with Gasteiger partial charge in [0.2, 0.25) is 0 Å². The number of carbonyl (C=O) groups is 2. The zero-order valence-electron chi connectivity index (χ0n) is 10.6. The lowest BCUT2D eigenvalue weighted by Gasteiger charge is -2.26. The van der Waals surface area contributed by atoms with Crippen LogP contribution in [0.4, 0.5) is 0 Å². The average Bonchev–Trinajstić information content (AvgIpc) is 3.12. The Morgan fingerprint density at radius 1 is 1.17 bits per heavy atom. The molecule has 4 heteroatoms. The van der Waals surface area contributed by atoms with Gasteiger partial charge in [-0.1, -0.05) is 0 Å². The molecule has 1 saturated carbocycles. The molecule has 0 bridgehead atoms. The number of benzene rings is 1. The Morgan fingerprint density at radius 3 is 2.11 bits per heavy atom. The van der Waals surface area contributed by atoms with Gasteiger partial charge >= 0.3 is 5.97 Å². The highest BCUT2D eigenvalue weighted by Gasteiger charge is 2.38. The Hall–Kier alpha value is -1.84. The van der Waals surface area contributed by atoms with Crippen LogP contribution in [0.15, 0.2) is 24.3 Å². The molecule has 1 aliphatic carbocycles. The van der Waals surface area contributed by atoms with Crippen LogP contribution < -0.4 is 5.32 Å². The molecule has 2 rings (SSSR count). The monoisotopic (exact) mass is 247 g/mol. The molecule has 2 N–H and O–H groups in total. The van der Waals surface area contributed by atoms with E-state index in [1.807, 2.05) is 13.8 Å². The van der Waals surface area contributed by atoms with Gasteiger partial charge in [-0.2, -0.15) is 0 Å². The average molecular weight is 247 g/mol. The van der Waals surface area contributed by atoms with E-state index in [0.717, 1.165) is 12.8 Å². The molecule has 18 heavy (non-hydrogen) atoms. The van der Waals surface area contributed by atoms with Crippen molar-refractivity contribution in [1.82, 2.24) is 5.32 Å². The van der Waals surface area contributed by atoms with Gasteiger partial charge in [-0.3, -0.25) is 4.79 Å². The van der Waals surface area contributed by atoms with Crippen LogP contribution in [0.25, 0.3) is 0 Å². The molecule has 0 aromatic heterocycles. The highest BCUT2D eigenvalue weighted by atomic mass is 16.4. The summed E-state index contributed by atoms with van der Waals surface area (Å²) in [4.78, 5) is 22.7. The van der Waals surface area contributed by atoms with Crippen LogP contribution in [0.5, 0.6) is 0 Å². The smallest absolute Gasteiger partial charge is 0.335 e. The van der Waals surface area contributed by atoms with Crippen LogP contribution in [0.2, 0.25) is 0 Å². The molecule has 1 aromatic rings. The Labute approximate surface area is 106 Å². The first-order valence-corrected chi connectivity index (χ1v) is 6.06. The second-order valence-electron chi connectivity index (χ2n) is 5.33. The molecule has 1 aromatic carbocycles. The predicted octanol–water partition coefficient (Wildman–Crippen LogP) is 2.30. The first-order chi connectivity index (χ1) is 8.40. The van der Waals surface area contributed by atoms with Gasteiger partial charge in [0.15, 0.2) is 0 Å². The van der Waals surface area contributed by atoms with E-state index in [2.05, 4.69) is 5.32 Å². The lowest BCUT2D eigenvalue weighted by Crippen LogP contribution is -2.45. The Bertz CT molecular complexity index is 472. The number of nitrogens with one attached hydrogen (secondary N) is 1. The van der Waals surface area contributed by atoms with E-state index in [1.165, 1.54) is 12.1 Å². The molecule has 1 fully saturated rings. The molecule has 1 amide bonds. The fourth-order valence-electron chi connectivity index (χ4n) is 2.04. The van der Waals surface area contributed by atoms with E-state index in [4.69, 9.17) is 5.11 Å². The number of carboxylic acid groups (broad SMARTS) is 1. The summed E-state index contributed by atoms with van der Waals surface area (Å²) >= 11 is 0. The van der Waals surface area contributed by atoms with Gasteiger partial charge in [0.1, 0.15) is 0 Å². The van der Waals surface area contributed by atoms with Crippen LogP contribution in [-0.4, -0.2) is 22.5 Å². The maximum absolute atomic E-state index is 12.0. The molecule has 0 spiro atoms. The third kappa shape index (κ3) is 2.70. The van der Waals surface area contributed by atoms with Gasteiger partial charge in [-0.15, -0.1) is 0 Å². The molecule has 0 radical (unpaired) electrons. The summed E-state index contributed by atoms with van der Waals surface area (Å²) in [6.07, 6.45) is 2.32. The van der Waals surface area contributed by atoms with Gasteiger partial charge < -0.3 is 10.4 Å². The normalized spacial score (nSPS) is 15.2. The second-order valence-corrected chi connectivity index (χ2v) is 5.33. The number of rotatable bonds is 4. The maximum Gasteiger partial charge on any atom is 0.335 e. The van der Waals surface area contributed by atoms with Crippen molar-refractivity contribution < 1.29 is 14.7 Å². The molecule has 96 valence electrons. The second kappa shape index (κ2) is 4.44. The van der Waals surface area contributed by atoms with Crippen molar-refractivity contribution in [2.75, 3.05) is 0 Å². The molecule has 0 atom stereocenters. The molecule has 0 unspecified atom stereocenters. The van der Waals surface area contributed by atoms with E-state index in [9.17, 15) is 9.59 Å². The Balaban J connectivity index is 2.06. The quantitative estimate of drug-likeness (QED) is 0.858. The molecular formula is C14H17NO3.